The predicted octanol–water partition coefficient (Wildman–Crippen LogP) is 6.42. The van der Waals surface area contributed by atoms with Gasteiger partial charge in [0.2, 0.25) is 0 Å². The maximum absolute atomic E-state index is 14.8. The highest BCUT2D eigenvalue weighted by atomic mass is 19.1. The number of hydrogen-bond acceptors (Lipinski definition) is 4. The SMILES string of the molecule is CCOc1ccc(/C(O)=C2/C(=O)C(=O)N(c3ccc(F)cc3F)C2c2cccc(C)c2)cc1C(C)C. The normalized spacial score (nSPS) is 17.2. The number of ether oxygens (including phenoxy) is 1. The number of aryl methyl sites for hydroxylation is 1. The molecule has 1 fully saturated rings. The zero-order chi connectivity index (χ0) is 26.1. The van der Waals surface area contributed by atoms with Gasteiger partial charge in [0.1, 0.15) is 23.1 Å². The number of amides is 1. The minimum absolute atomic E-state index is 0.0580. The number of carbonyl (C=O) groups excluding carboxylic acids is 2. The quantitative estimate of drug-likeness (QED) is 0.245. The fraction of sp³-hybridized carbons (Fsp3) is 0.241. The molecule has 1 saturated heterocycles. The largest absolute Gasteiger partial charge is 0.507 e. The van der Waals surface area contributed by atoms with Gasteiger partial charge in [-0.05, 0) is 61.2 Å². The summed E-state index contributed by atoms with van der Waals surface area (Å²) in [6.45, 7) is 8.13. The van der Waals surface area contributed by atoms with Crippen LogP contribution in [0.1, 0.15) is 55.0 Å². The van der Waals surface area contributed by atoms with Gasteiger partial charge in [0, 0.05) is 11.6 Å². The van der Waals surface area contributed by atoms with Gasteiger partial charge in [-0.25, -0.2) is 8.78 Å². The highest BCUT2D eigenvalue weighted by Crippen LogP contribution is 2.43. The van der Waals surface area contributed by atoms with Crippen LogP contribution in [0.3, 0.4) is 0 Å². The van der Waals surface area contributed by atoms with Crippen molar-refractivity contribution in [1.29, 1.82) is 0 Å². The lowest BCUT2D eigenvalue weighted by molar-refractivity contribution is -0.132. The number of hydrogen-bond donors (Lipinski definition) is 1. The second kappa shape index (κ2) is 9.93. The molecule has 1 heterocycles. The van der Waals surface area contributed by atoms with Crippen LogP contribution in [0.15, 0.2) is 66.2 Å². The van der Waals surface area contributed by atoms with Crippen molar-refractivity contribution in [3.05, 3.63) is 100 Å². The number of nitrogens with zero attached hydrogens (tertiary/aromatic N) is 1. The molecule has 1 N–H and O–H groups in total. The summed E-state index contributed by atoms with van der Waals surface area (Å²) < 4.78 is 34.2. The number of aliphatic hydroxyl groups excluding tert-OH is 1. The predicted molar refractivity (Wildman–Crippen MR) is 134 cm³/mol. The van der Waals surface area contributed by atoms with Crippen LogP contribution < -0.4 is 9.64 Å². The molecule has 1 atom stereocenters. The van der Waals surface area contributed by atoms with Crippen LogP contribution in [-0.2, 0) is 9.59 Å². The molecular weight excluding hydrogens is 464 g/mol. The highest BCUT2D eigenvalue weighted by Gasteiger charge is 2.47. The molecule has 7 heteroatoms. The number of halogens is 2. The number of Topliss-reactive ketones (excluding diaryl/α,β-unsaturated/α-hetero) is 1. The van der Waals surface area contributed by atoms with Crippen LogP contribution in [-0.4, -0.2) is 23.4 Å². The first kappa shape index (κ1) is 25.1. The van der Waals surface area contributed by atoms with Crippen molar-refractivity contribution in [2.45, 2.75) is 39.7 Å². The molecule has 36 heavy (non-hydrogen) atoms. The van der Waals surface area contributed by atoms with E-state index < -0.39 is 29.4 Å². The fourth-order valence-corrected chi connectivity index (χ4v) is 4.50. The maximum Gasteiger partial charge on any atom is 0.300 e. The Bertz CT molecular complexity index is 1380. The molecule has 1 amide bonds. The van der Waals surface area contributed by atoms with Crippen molar-refractivity contribution in [3.8, 4) is 5.75 Å². The van der Waals surface area contributed by atoms with E-state index in [4.69, 9.17) is 4.74 Å². The van der Waals surface area contributed by atoms with E-state index in [1.807, 2.05) is 33.8 Å². The van der Waals surface area contributed by atoms with Crippen LogP contribution in [0.4, 0.5) is 14.5 Å². The van der Waals surface area contributed by atoms with Gasteiger partial charge in [-0.15, -0.1) is 0 Å². The van der Waals surface area contributed by atoms with Crippen molar-refractivity contribution >= 4 is 23.1 Å². The number of aliphatic hydroxyl groups is 1. The summed E-state index contributed by atoms with van der Waals surface area (Å²) in [6.07, 6.45) is 0. The lowest BCUT2D eigenvalue weighted by Crippen LogP contribution is -2.30. The summed E-state index contributed by atoms with van der Waals surface area (Å²) in [4.78, 5) is 27.5. The van der Waals surface area contributed by atoms with E-state index in [2.05, 4.69) is 0 Å². The van der Waals surface area contributed by atoms with E-state index >= 15 is 0 Å². The third-order valence-electron chi connectivity index (χ3n) is 6.18. The van der Waals surface area contributed by atoms with E-state index in [0.717, 1.165) is 28.2 Å². The van der Waals surface area contributed by atoms with Crippen molar-refractivity contribution in [2.75, 3.05) is 11.5 Å². The second-order valence-electron chi connectivity index (χ2n) is 9.02. The Balaban J connectivity index is 1.96. The molecule has 0 saturated carbocycles. The van der Waals surface area contributed by atoms with Gasteiger partial charge in [-0.2, -0.15) is 0 Å². The monoisotopic (exact) mass is 491 g/mol. The average Bonchev–Trinajstić information content (AvgIpc) is 3.09. The third-order valence-corrected chi connectivity index (χ3v) is 6.18. The molecule has 0 radical (unpaired) electrons. The smallest absolute Gasteiger partial charge is 0.300 e. The summed E-state index contributed by atoms with van der Waals surface area (Å²) >= 11 is 0. The lowest BCUT2D eigenvalue weighted by atomic mass is 9.92. The highest BCUT2D eigenvalue weighted by molar-refractivity contribution is 6.51. The first-order valence-electron chi connectivity index (χ1n) is 11.7. The van der Waals surface area contributed by atoms with Gasteiger partial charge >= 0.3 is 0 Å². The average molecular weight is 492 g/mol. The first-order chi connectivity index (χ1) is 17.1. The van der Waals surface area contributed by atoms with Crippen LogP contribution in [0.25, 0.3) is 5.76 Å². The number of rotatable bonds is 6. The van der Waals surface area contributed by atoms with E-state index in [1.54, 1.807) is 36.4 Å². The van der Waals surface area contributed by atoms with E-state index in [-0.39, 0.29) is 22.9 Å². The topological polar surface area (TPSA) is 66.8 Å². The van der Waals surface area contributed by atoms with Crippen molar-refractivity contribution in [2.24, 2.45) is 0 Å². The van der Waals surface area contributed by atoms with E-state index in [1.165, 1.54) is 0 Å². The molecule has 5 nitrogen and oxygen atoms in total. The summed E-state index contributed by atoms with van der Waals surface area (Å²) in [5, 5.41) is 11.4. The Hall–Kier alpha value is -4.00. The zero-order valence-corrected chi connectivity index (χ0v) is 20.5. The molecule has 1 unspecified atom stereocenters. The van der Waals surface area contributed by atoms with Crippen LogP contribution in [0.2, 0.25) is 0 Å². The summed E-state index contributed by atoms with van der Waals surface area (Å²) in [5.74, 6) is -3.43. The van der Waals surface area contributed by atoms with Gasteiger partial charge in [-0.3, -0.25) is 14.5 Å². The minimum atomic E-state index is -1.11. The third kappa shape index (κ3) is 4.49. The Labute approximate surface area is 208 Å². The Morgan fingerprint density at radius 2 is 1.81 bits per heavy atom. The molecule has 186 valence electrons. The minimum Gasteiger partial charge on any atom is -0.507 e. The number of anilines is 1. The van der Waals surface area contributed by atoms with Gasteiger partial charge in [0.15, 0.2) is 0 Å². The molecule has 0 bridgehead atoms. The lowest BCUT2D eigenvalue weighted by Gasteiger charge is -2.26. The second-order valence-corrected chi connectivity index (χ2v) is 9.02. The van der Waals surface area contributed by atoms with Gasteiger partial charge in [-0.1, -0.05) is 43.7 Å². The molecule has 3 aromatic carbocycles. The zero-order valence-electron chi connectivity index (χ0n) is 20.5. The first-order valence-corrected chi connectivity index (χ1v) is 11.7. The standard InChI is InChI=1S/C29H27F2NO4/c1-5-36-24-12-9-19(14-21(24)16(2)3)27(33)25-26(18-8-6-7-17(4)13-18)32(29(35)28(25)34)23-11-10-20(30)15-22(23)31/h6-16,26,33H,5H2,1-4H3/b27-25-. The van der Waals surface area contributed by atoms with Gasteiger partial charge in [0.05, 0.1) is 23.9 Å². The van der Waals surface area contributed by atoms with Crippen LogP contribution >= 0.6 is 0 Å². The molecule has 1 aliphatic rings. The number of carbonyl (C=O) groups is 2. The Kier molecular flexibility index (Phi) is 6.93. The summed E-state index contributed by atoms with van der Waals surface area (Å²) in [7, 11) is 0. The van der Waals surface area contributed by atoms with Gasteiger partial charge in [0.25, 0.3) is 11.7 Å². The molecule has 3 aromatic rings. The molecular formula is C29H27F2NO4. The molecule has 0 aliphatic carbocycles. The number of benzene rings is 3. The van der Waals surface area contributed by atoms with Crippen LogP contribution in [0, 0.1) is 18.6 Å². The van der Waals surface area contributed by atoms with Crippen LogP contribution in [0.5, 0.6) is 5.75 Å². The summed E-state index contributed by atoms with van der Waals surface area (Å²) in [5.41, 5.74) is 2.09. The Morgan fingerprint density at radius 3 is 2.44 bits per heavy atom. The van der Waals surface area contributed by atoms with E-state index in [9.17, 15) is 23.5 Å². The molecule has 0 aromatic heterocycles. The van der Waals surface area contributed by atoms with Gasteiger partial charge < -0.3 is 9.84 Å². The number of ketones is 1. The van der Waals surface area contributed by atoms with E-state index in [0.29, 0.717) is 29.5 Å². The molecule has 4 rings (SSSR count). The molecule has 1 aliphatic heterocycles. The van der Waals surface area contributed by atoms with Crippen molar-refractivity contribution in [3.63, 3.8) is 0 Å². The molecule has 0 spiro atoms. The van der Waals surface area contributed by atoms with Crippen molar-refractivity contribution in [1.82, 2.24) is 0 Å². The maximum atomic E-state index is 14.8. The Morgan fingerprint density at radius 1 is 1.06 bits per heavy atom. The summed E-state index contributed by atoms with van der Waals surface area (Å²) in [6, 6.07) is 13.8. The van der Waals surface area contributed by atoms with Crippen molar-refractivity contribution < 1.29 is 28.2 Å². The fourth-order valence-electron chi connectivity index (χ4n) is 4.50.